The Hall–Kier alpha value is -0.170. The van der Waals surface area contributed by atoms with E-state index in [1.165, 1.54) is 5.57 Å². The summed E-state index contributed by atoms with van der Waals surface area (Å²) < 4.78 is 0. The van der Waals surface area contributed by atoms with Crippen LogP contribution in [-0.4, -0.2) is 12.0 Å². The summed E-state index contributed by atoms with van der Waals surface area (Å²) in [5.74, 6) is 1.12. The van der Waals surface area contributed by atoms with Gasteiger partial charge >= 0.3 is 0 Å². The van der Waals surface area contributed by atoms with Crippen LogP contribution in [0.4, 0.5) is 0 Å². The van der Waals surface area contributed by atoms with Gasteiger partial charge in [-0.15, -0.1) is 0 Å². The summed E-state index contributed by atoms with van der Waals surface area (Å²) >= 11 is 1.83. The Kier molecular flexibility index (Phi) is 4.87. The van der Waals surface area contributed by atoms with Gasteiger partial charge < -0.3 is 0 Å². The van der Waals surface area contributed by atoms with Gasteiger partial charge in [-0.1, -0.05) is 24.3 Å². The molecule has 46 valence electrons. The Labute approximate surface area is 55.7 Å². The van der Waals surface area contributed by atoms with Gasteiger partial charge in [0.05, 0.1) is 0 Å². The van der Waals surface area contributed by atoms with Gasteiger partial charge in [0, 0.05) is 5.75 Å². The van der Waals surface area contributed by atoms with Crippen molar-refractivity contribution in [2.24, 2.45) is 0 Å². The molecule has 0 heterocycles. The van der Waals surface area contributed by atoms with Crippen LogP contribution >= 0.6 is 11.8 Å². The fourth-order valence-corrected chi connectivity index (χ4v) is 1.03. The third-order valence-electron chi connectivity index (χ3n) is 0.774. The second kappa shape index (κ2) is 4.98. The van der Waals surface area contributed by atoms with E-state index in [0.29, 0.717) is 0 Å². The van der Waals surface area contributed by atoms with Crippen molar-refractivity contribution >= 4 is 11.8 Å². The minimum atomic E-state index is 1.12. The van der Waals surface area contributed by atoms with Crippen molar-refractivity contribution < 1.29 is 0 Å². The predicted octanol–water partition coefficient (Wildman–Crippen LogP) is 2.48. The molecule has 0 rings (SSSR count). The molecule has 0 aliphatic carbocycles. The maximum absolute atomic E-state index is 3.60. The molecule has 0 atom stereocenters. The van der Waals surface area contributed by atoms with E-state index in [1.807, 2.05) is 23.9 Å². The minimum absolute atomic E-state index is 1.12. The molecule has 0 aromatic heterocycles. The summed E-state index contributed by atoms with van der Waals surface area (Å²) in [6.07, 6.45) is 5.96. The van der Waals surface area contributed by atoms with Crippen LogP contribution in [0.5, 0.6) is 0 Å². The SMILES string of the molecule is C=C/C=C(\C)CSC. The third-order valence-corrected chi connectivity index (χ3v) is 1.52. The second-order valence-corrected chi connectivity index (χ2v) is 2.55. The molecule has 0 bridgehead atoms. The van der Waals surface area contributed by atoms with Gasteiger partial charge in [0.2, 0.25) is 0 Å². The van der Waals surface area contributed by atoms with E-state index < -0.39 is 0 Å². The lowest BCUT2D eigenvalue weighted by Crippen LogP contribution is -1.76. The Morgan fingerprint density at radius 1 is 1.75 bits per heavy atom. The number of hydrogen-bond acceptors (Lipinski definition) is 1. The highest BCUT2D eigenvalue weighted by Crippen LogP contribution is 2.01. The van der Waals surface area contributed by atoms with Gasteiger partial charge in [0.25, 0.3) is 0 Å². The van der Waals surface area contributed by atoms with E-state index >= 15 is 0 Å². The smallest absolute Gasteiger partial charge is 0.0140 e. The fourth-order valence-electron chi connectivity index (χ4n) is 0.477. The van der Waals surface area contributed by atoms with E-state index in [0.717, 1.165) is 5.75 Å². The molecule has 0 spiro atoms. The number of hydrogen-bond donors (Lipinski definition) is 0. The Morgan fingerprint density at radius 3 is 2.75 bits per heavy atom. The first-order chi connectivity index (χ1) is 3.81. The summed E-state index contributed by atoms with van der Waals surface area (Å²) in [5.41, 5.74) is 1.38. The normalized spacial score (nSPS) is 11.5. The monoisotopic (exact) mass is 128 g/mol. The van der Waals surface area contributed by atoms with E-state index in [-0.39, 0.29) is 0 Å². The highest BCUT2D eigenvalue weighted by atomic mass is 32.2. The van der Waals surface area contributed by atoms with Crippen molar-refractivity contribution in [1.29, 1.82) is 0 Å². The molecule has 0 saturated carbocycles. The van der Waals surface area contributed by atoms with Crippen LogP contribution in [0.2, 0.25) is 0 Å². The molecular formula is C7H12S. The van der Waals surface area contributed by atoms with Crippen LogP contribution in [0.1, 0.15) is 6.92 Å². The van der Waals surface area contributed by atoms with Crippen LogP contribution in [0.25, 0.3) is 0 Å². The summed E-state index contributed by atoms with van der Waals surface area (Å²) in [4.78, 5) is 0. The third kappa shape index (κ3) is 4.00. The van der Waals surface area contributed by atoms with Crippen molar-refractivity contribution in [3.05, 3.63) is 24.3 Å². The largest absolute Gasteiger partial charge is 0.161 e. The average molecular weight is 128 g/mol. The van der Waals surface area contributed by atoms with Crippen molar-refractivity contribution in [3.8, 4) is 0 Å². The second-order valence-electron chi connectivity index (χ2n) is 1.68. The van der Waals surface area contributed by atoms with Crippen LogP contribution in [0, 0.1) is 0 Å². The standard InChI is InChI=1S/C7H12S/c1-4-5-7(2)6-8-3/h4-5H,1,6H2,2-3H3/b7-5+. The number of allylic oxidation sites excluding steroid dienone is 2. The van der Waals surface area contributed by atoms with Gasteiger partial charge in [0.15, 0.2) is 0 Å². The van der Waals surface area contributed by atoms with E-state index in [1.54, 1.807) is 0 Å². The molecule has 0 aliphatic heterocycles. The first-order valence-electron chi connectivity index (χ1n) is 2.58. The highest BCUT2D eigenvalue weighted by molar-refractivity contribution is 7.98. The maximum atomic E-state index is 3.60. The zero-order chi connectivity index (χ0) is 6.41. The first-order valence-corrected chi connectivity index (χ1v) is 3.97. The average Bonchev–Trinajstić information content (AvgIpc) is 1.68. The van der Waals surface area contributed by atoms with E-state index in [9.17, 15) is 0 Å². The molecule has 0 N–H and O–H groups in total. The van der Waals surface area contributed by atoms with Gasteiger partial charge in [-0.25, -0.2) is 0 Å². The molecule has 0 unspecified atom stereocenters. The van der Waals surface area contributed by atoms with E-state index in [4.69, 9.17) is 0 Å². The topological polar surface area (TPSA) is 0 Å². The predicted molar refractivity (Wildman–Crippen MR) is 42.3 cm³/mol. The Morgan fingerprint density at radius 2 is 2.38 bits per heavy atom. The molecule has 0 aromatic rings. The number of rotatable bonds is 3. The highest BCUT2D eigenvalue weighted by Gasteiger charge is 1.81. The fraction of sp³-hybridized carbons (Fsp3) is 0.429. The molecule has 8 heavy (non-hydrogen) atoms. The summed E-state index contributed by atoms with van der Waals surface area (Å²) in [7, 11) is 0. The molecule has 0 nitrogen and oxygen atoms in total. The molecule has 0 saturated heterocycles. The van der Waals surface area contributed by atoms with Gasteiger partial charge in [0.1, 0.15) is 0 Å². The van der Waals surface area contributed by atoms with Gasteiger partial charge in [-0.05, 0) is 13.2 Å². The zero-order valence-electron chi connectivity index (χ0n) is 5.48. The molecule has 0 amide bonds. The van der Waals surface area contributed by atoms with Crippen molar-refractivity contribution in [1.82, 2.24) is 0 Å². The lowest BCUT2D eigenvalue weighted by Gasteiger charge is -1.91. The summed E-state index contributed by atoms with van der Waals surface area (Å²) in [6, 6.07) is 0. The summed E-state index contributed by atoms with van der Waals surface area (Å²) in [5, 5.41) is 0. The molecule has 0 aromatic carbocycles. The molecular weight excluding hydrogens is 116 g/mol. The van der Waals surface area contributed by atoms with E-state index in [2.05, 4.69) is 19.8 Å². The lowest BCUT2D eigenvalue weighted by molar-refractivity contribution is 1.41. The lowest BCUT2D eigenvalue weighted by atomic mass is 10.3. The first kappa shape index (κ1) is 7.83. The molecule has 0 radical (unpaired) electrons. The van der Waals surface area contributed by atoms with Crippen LogP contribution in [0.15, 0.2) is 24.3 Å². The molecule has 1 heteroatoms. The maximum Gasteiger partial charge on any atom is 0.0140 e. The minimum Gasteiger partial charge on any atom is -0.161 e. The Balaban J connectivity index is 3.44. The molecule has 0 aliphatic rings. The van der Waals surface area contributed by atoms with Crippen LogP contribution < -0.4 is 0 Å². The van der Waals surface area contributed by atoms with Crippen LogP contribution in [0.3, 0.4) is 0 Å². The molecule has 0 fully saturated rings. The number of thioether (sulfide) groups is 1. The van der Waals surface area contributed by atoms with Crippen molar-refractivity contribution in [3.63, 3.8) is 0 Å². The van der Waals surface area contributed by atoms with Crippen molar-refractivity contribution in [2.75, 3.05) is 12.0 Å². The van der Waals surface area contributed by atoms with Crippen LogP contribution in [-0.2, 0) is 0 Å². The van der Waals surface area contributed by atoms with Gasteiger partial charge in [-0.3, -0.25) is 0 Å². The quantitative estimate of drug-likeness (QED) is 0.526. The van der Waals surface area contributed by atoms with Crippen molar-refractivity contribution in [2.45, 2.75) is 6.92 Å². The Bertz CT molecular complexity index is 92.6. The summed E-state index contributed by atoms with van der Waals surface area (Å²) in [6.45, 7) is 5.71. The van der Waals surface area contributed by atoms with Gasteiger partial charge in [-0.2, -0.15) is 11.8 Å². The zero-order valence-corrected chi connectivity index (χ0v) is 6.29.